The number of aliphatic carboxylic acids is 1. The Morgan fingerprint density at radius 2 is 1.96 bits per heavy atom. The SMILES string of the molecule is CNC(=O)[C@H]1CC[C@@H](C(=O)O)N(C(=O)c2cccc(F)c2F)C1. The molecule has 2 rings (SSSR count). The molecular weight excluding hydrogens is 310 g/mol. The first-order valence-corrected chi connectivity index (χ1v) is 7.06. The molecule has 1 aromatic carbocycles. The van der Waals surface area contributed by atoms with Gasteiger partial charge in [0, 0.05) is 13.6 Å². The molecule has 0 aliphatic carbocycles. The normalized spacial score (nSPS) is 20.9. The molecule has 1 aliphatic rings. The van der Waals surface area contributed by atoms with Crippen molar-refractivity contribution in [2.45, 2.75) is 18.9 Å². The number of benzene rings is 1. The summed E-state index contributed by atoms with van der Waals surface area (Å²) in [5, 5.41) is 11.7. The lowest BCUT2D eigenvalue weighted by Crippen LogP contribution is -2.53. The minimum Gasteiger partial charge on any atom is -0.480 e. The second-order valence-electron chi connectivity index (χ2n) is 5.30. The number of hydrogen-bond donors (Lipinski definition) is 2. The number of carbonyl (C=O) groups excluding carboxylic acids is 2. The van der Waals surface area contributed by atoms with Crippen molar-refractivity contribution in [2.75, 3.05) is 13.6 Å². The Balaban J connectivity index is 2.34. The Labute approximate surface area is 131 Å². The first kappa shape index (κ1) is 16.9. The molecule has 1 heterocycles. The lowest BCUT2D eigenvalue weighted by Gasteiger charge is -2.36. The molecule has 6 nitrogen and oxygen atoms in total. The summed E-state index contributed by atoms with van der Waals surface area (Å²) in [6, 6.07) is 1.95. The molecule has 0 saturated carbocycles. The molecule has 0 aromatic heterocycles. The number of halogens is 2. The lowest BCUT2D eigenvalue weighted by atomic mass is 9.91. The standard InChI is InChI=1S/C15H16F2N2O4/c1-18-13(20)8-5-6-11(15(22)23)19(7-8)14(21)9-3-2-4-10(16)12(9)17/h2-4,8,11H,5-7H2,1H3,(H,18,20)(H,22,23)/t8-,11-/m0/s1. The fourth-order valence-corrected chi connectivity index (χ4v) is 2.69. The van der Waals surface area contributed by atoms with Crippen LogP contribution in [0.1, 0.15) is 23.2 Å². The summed E-state index contributed by atoms with van der Waals surface area (Å²) in [7, 11) is 1.43. The van der Waals surface area contributed by atoms with Crippen LogP contribution < -0.4 is 5.32 Å². The molecule has 0 spiro atoms. The first-order valence-electron chi connectivity index (χ1n) is 7.06. The van der Waals surface area contributed by atoms with Gasteiger partial charge in [-0.1, -0.05) is 6.07 Å². The molecule has 23 heavy (non-hydrogen) atoms. The van der Waals surface area contributed by atoms with E-state index >= 15 is 0 Å². The maximum atomic E-state index is 13.8. The third kappa shape index (κ3) is 3.30. The number of likely N-dealkylation sites (tertiary alicyclic amines) is 1. The van der Waals surface area contributed by atoms with Crippen LogP contribution in [0.25, 0.3) is 0 Å². The van der Waals surface area contributed by atoms with Crippen LogP contribution in [0, 0.1) is 17.6 Å². The smallest absolute Gasteiger partial charge is 0.326 e. The van der Waals surface area contributed by atoms with Gasteiger partial charge in [-0.25, -0.2) is 13.6 Å². The predicted molar refractivity (Wildman–Crippen MR) is 75.6 cm³/mol. The van der Waals surface area contributed by atoms with Gasteiger partial charge in [-0.15, -0.1) is 0 Å². The van der Waals surface area contributed by atoms with Crippen molar-refractivity contribution >= 4 is 17.8 Å². The third-order valence-electron chi connectivity index (χ3n) is 3.93. The van der Waals surface area contributed by atoms with Crippen LogP contribution >= 0.6 is 0 Å². The molecule has 0 radical (unpaired) electrons. The minimum absolute atomic E-state index is 0.0656. The maximum Gasteiger partial charge on any atom is 0.326 e. The van der Waals surface area contributed by atoms with Crippen LogP contribution in [-0.2, 0) is 9.59 Å². The summed E-state index contributed by atoms with van der Waals surface area (Å²) in [5.74, 6) is -5.62. The molecule has 1 aromatic rings. The average Bonchev–Trinajstić information content (AvgIpc) is 2.55. The highest BCUT2D eigenvalue weighted by Gasteiger charge is 2.39. The molecule has 1 fully saturated rings. The van der Waals surface area contributed by atoms with Crippen LogP contribution in [0.2, 0.25) is 0 Å². The zero-order chi connectivity index (χ0) is 17.1. The van der Waals surface area contributed by atoms with E-state index in [-0.39, 0.29) is 18.9 Å². The zero-order valence-electron chi connectivity index (χ0n) is 12.4. The molecule has 124 valence electrons. The van der Waals surface area contributed by atoms with Gasteiger partial charge in [-0.2, -0.15) is 0 Å². The highest BCUT2D eigenvalue weighted by Crippen LogP contribution is 2.25. The Morgan fingerprint density at radius 3 is 2.57 bits per heavy atom. The lowest BCUT2D eigenvalue weighted by molar-refractivity contribution is -0.145. The van der Waals surface area contributed by atoms with Gasteiger partial charge in [0.15, 0.2) is 11.6 Å². The van der Waals surface area contributed by atoms with Crippen LogP contribution in [0.15, 0.2) is 18.2 Å². The highest BCUT2D eigenvalue weighted by molar-refractivity contribution is 5.97. The summed E-state index contributed by atoms with van der Waals surface area (Å²) >= 11 is 0. The summed E-state index contributed by atoms with van der Waals surface area (Å²) < 4.78 is 27.1. The number of carboxylic acid groups (broad SMARTS) is 1. The number of amides is 2. The van der Waals surface area contributed by atoms with Gasteiger partial charge in [0.1, 0.15) is 6.04 Å². The van der Waals surface area contributed by atoms with Gasteiger partial charge >= 0.3 is 5.97 Å². The van der Waals surface area contributed by atoms with Gasteiger partial charge in [-0.05, 0) is 25.0 Å². The Hall–Kier alpha value is -2.51. The number of piperidine rings is 1. The molecular formula is C15H16F2N2O4. The Morgan fingerprint density at radius 1 is 1.26 bits per heavy atom. The molecule has 1 aliphatic heterocycles. The van der Waals surface area contributed by atoms with Crippen LogP contribution in [0.4, 0.5) is 8.78 Å². The number of hydrogen-bond acceptors (Lipinski definition) is 3. The van der Waals surface area contributed by atoms with Crippen molar-refractivity contribution in [3.05, 3.63) is 35.4 Å². The highest BCUT2D eigenvalue weighted by atomic mass is 19.2. The summed E-state index contributed by atoms with van der Waals surface area (Å²) in [4.78, 5) is 36.5. The van der Waals surface area contributed by atoms with Gasteiger partial charge in [0.2, 0.25) is 5.91 Å². The minimum atomic E-state index is -1.33. The fourth-order valence-electron chi connectivity index (χ4n) is 2.69. The van der Waals surface area contributed by atoms with Crippen LogP contribution in [0.3, 0.4) is 0 Å². The van der Waals surface area contributed by atoms with E-state index < -0.39 is 41.0 Å². The van der Waals surface area contributed by atoms with Crippen molar-refractivity contribution in [1.29, 1.82) is 0 Å². The predicted octanol–water partition coefficient (Wildman–Crippen LogP) is 1.02. The fraction of sp³-hybridized carbons (Fsp3) is 0.400. The molecule has 2 atom stereocenters. The summed E-state index contributed by atoms with van der Waals surface area (Å²) in [6.07, 6.45) is 0.363. The number of nitrogens with zero attached hydrogens (tertiary/aromatic N) is 1. The number of carbonyl (C=O) groups is 3. The summed E-state index contributed by atoms with van der Waals surface area (Å²) in [6.45, 7) is -0.161. The van der Waals surface area contributed by atoms with E-state index in [2.05, 4.69) is 5.32 Å². The van der Waals surface area contributed by atoms with Crippen molar-refractivity contribution in [3.8, 4) is 0 Å². The molecule has 0 unspecified atom stereocenters. The van der Waals surface area contributed by atoms with Gasteiger partial charge < -0.3 is 15.3 Å². The van der Waals surface area contributed by atoms with Crippen LogP contribution in [-0.4, -0.2) is 47.4 Å². The average molecular weight is 326 g/mol. The van der Waals surface area contributed by atoms with Gasteiger partial charge in [-0.3, -0.25) is 9.59 Å². The third-order valence-corrected chi connectivity index (χ3v) is 3.93. The largest absolute Gasteiger partial charge is 0.480 e. The van der Waals surface area contributed by atoms with Gasteiger partial charge in [0.05, 0.1) is 11.5 Å². The topological polar surface area (TPSA) is 86.7 Å². The number of carboxylic acids is 1. The molecule has 8 heteroatoms. The van der Waals surface area contributed by atoms with E-state index in [0.717, 1.165) is 17.0 Å². The van der Waals surface area contributed by atoms with Crippen molar-refractivity contribution in [2.24, 2.45) is 5.92 Å². The molecule has 1 saturated heterocycles. The Bertz CT molecular complexity index is 650. The first-order chi connectivity index (χ1) is 10.9. The Kier molecular flexibility index (Phi) is 4.92. The van der Waals surface area contributed by atoms with Crippen molar-refractivity contribution in [1.82, 2.24) is 10.2 Å². The molecule has 2 N–H and O–H groups in total. The van der Waals surface area contributed by atoms with Crippen molar-refractivity contribution in [3.63, 3.8) is 0 Å². The second kappa shape index (κ2) is 6.72. The zero-order valence-corrected chi connectivity index (χ0v) is 12.4. The van der Waals surface area contributed by atoms with E-state index in [0.29, 0.717) is 6.42 Å². The number of nitrogens with one attached hydrogen (secondary N) is 1. The van der Waals surface area contributed by atoms with E-state index in [1.165, 1.54) is 13.1 Å². The quantitative estimate of drug-likeness (QED) is 0.868. The summed E-state index contributed by atoms with van der Waals surface area (Å²) in [5.41, 5.74) is -0.547. The van der Waals surface area contributed by atoms with E-state index in [1.807, 2.05) is 0 Å². The molecule has 2 amide bonds. The van der Waals surface area contributed by atoms with E-state index in [1.54, 1.807) is 0 Å². The van der Waals surface area contributed by atoms with Gasteiger partial charge in [0.25, 0.3) is 5.91 Å². The molecule has 0 bridgehead atoms. The maximum absolute atomic E-state index is 13.8. The van der Waals surface area contributed by atoms with Crippen LogP contribution in [0.5, 0.6) is 0 Å². The monoisotopic (exact) mass is 326 g/mol. The van der Waals surface area contributed by atoms with E-state index in [4.69, 9.17) is 0 Å². The van der Waals surface area contributed by atoms with E-state index in [9.17, 15) is 28.3 Å². The number of rotatable bonds is 3. The van der Waals surface area contributed by atoms with Crippen molar-refractivity contribution < 1.29 is 28.3 Å². The second-order valence-corrected chi connectivity index (χ2v) is 5.30.